The third-order valence-electron chi connectivity index (χ3n) is 7.68. The van der Waals surface area contributed by atoms with Gasteiger partial charge in [-0.3, -0.25) is 10.1 Å². The van der Waals surface area contributed by atoms with Gasteiger partial charge in [-0.15, -0.1) is 0 Å². The van der Waals surface area contributed by atoms with E-state index in [2.05, 4.69) is 35.5 Å². The van der Waals surface area contributed by atoms with Crippen LogP contribution in [0.15, 0.2) is 83.9 Å². The highest BCUT2D eigenvalue weighted by Crippen LogP contribution is 2.24. The Kier molecular flexibility index (Phi) is 9.73. The number of H-pyrrole nitrogens is 1. The molecule has 0 aliphatic heterocycles. The summed E-state index contributed by atoms with van der Waals surface area (Å²) in [5.41, 5.74) is 4.48. The molecule has 0 saturated carbocycles. The molecule has 9 heteroatoms. The normalized spacial score (nSPS) is 13.5. The maximum Gasteiger partial charge on any atom is 0.269 e. The summed E-state index contributed by atoms with van der Waals surface area (Å²) < 4.78 is 28.4. The Hall–Kier alpha value is -3.53. The molecular weight excluding hydrogens is 524 g/mol. The van der Waals surface area contributed by atoms with Crippen molar-refractivity contribution < 1.29 is 13.3 Å². The van der Waals surface area contributed by atoms with Gasteiger partial charge in [-0.1, -0.05) is 56.3 Å². The van der Waals surface area contributed by atoms with Crippen LogP contribution in [0.1, 0.15) is 55.2 Å². The number of fused-ring (bicyclic) bond motifs is 1. The minimum Gasteiger partial charge on any atom is -0.361 e. The van der Waals surface area contributed by atoms with Crippen molar-refractivity contribution in [3.8, 4) is 0 Å². The number of hydrogen-bond acceptors (Lipinski definition) is 5. The lowest BCUT2D eigenvalue weighted by atomic mass is 9.96. The standard InChI is InChI=1S/C31H38N4O4S/c1-23(25-8-12-28(13-9-25)35(36)37)17-20-34(3)21-18-24(2)26-10-14-29(15-11-26)40(38,39)33-19-16-27-22-32-31-7-5-4-6-30(27)31/h4-15,22-24,32-33H,16-21H2,1-3H3/t23-,24-/m0/s1. The van der Waals surface area contributed by atoms with Crippen LogP contribution in [0.4, 0.5) is 5.69 Å². The molecule has 0 spiro atoms. The number of hydrogen-bond donors (Lipinski definition) is 2. The fourth-order valence-electron chi connectivity index (χ4n) is 4.92. The molecule has 1 aromatic heterocycles. The van der Waals surface area contributed by atoms with Gasteiger partial charge in [0.2, 0.25) is 10.0 Å². The topological polar surface area (TPSA) is 108 Å². The zero-order valence-corrected chi connectivity index (χ0v) is 24.2. The zero-order chi connectivity index (χ0) is 28.7. The summed E-state index contributed by atoms with van der Waals surface area (Å²) in [7, 11) is -1.48. The molecule has 0 saturated heterocycles. The number of para-hydroxylation sites is 1. The molecule has 0 aliphatic carbocycles. The van der Waals surface area contributed by atoms with Crippen LogP contribution >= 0.6 is 0 Å². The Morgan fingerprint density at radius 2 is 1.48 bits per heavy atom. The Balaban J connectivity index is 1.21. The predicted octanol–water partition coefficient (Wildman–Crippen LogP) is 6.22. The van der Waals surface area contributed by atoms with Crippen molar-refractivity contribution in [2.24, 2.45) is 0 Å². The number of rotatable bonds is 14. The van der Waals surface area contributed by atoms with E-state index in [0.29, 0.717) is 24.8 Å². The van der Waals surface area contributed by atoms with Crippen LogP contribution < -0.4 is 4.72 Å². The molecule has 0 bridgehead atoms. The number of nitro benzene ring substituents is 1. The lowest BCUT2D eigenvalue weighted by molar-refractivity contribution is -0.384. The summed E-state index contributed by atoms with van der Waals surface area (Å²) in [6, 6.07) is 22.0. The second-order valence-electron chi connectivity index (χ2n) is 10.6. The highest BCUT2D eigenvalue weighted by Gasteiger charge is 2.16. The lowest BCUT2D eigenvalue weighted by Crippen LogP contribution is -2.26. The van der Waals surface area contributed by atoms with Gasteiger partial charge in [0.05, 0.1) is 9.82 Å². The van der Waals surface area contributed by atoms with E-state index in [1.807, 2.05) is 54.7 Å². The van der Waals surface area contributed by atoms with Crippen LogP contribution in [0.2, 0.25) is 0 Å². The molecule has 0 unspecified atom stereocenters. The molecule has 0 amide bonds. The van der Waals surface area contributed by atoms with Crippen LogP contribution in [-0.4, -0.2) is 49.9 Å². The van der Waals surface area contributed by atoms with Crippen molar-refractivity contribution in [2.75, 3.05) is 26.7 Å². The summed E-state index contributed by atoms with van der Waals surface area (Å²) in [4.78, 5) is 16.3. The van der Waals surface area contributed by atoms with E-state index in [1.165, 1.54) is 0 Å². The summed E-state index contributed by atoms with van der Waals surface area (Å²) in [6.45, 7) is 6.48. The van der Waals surface area contributed by atoms with E-state index in [9.17, 15) is 18.5 Å². The largest absolute Gasteiger partial charge is 0.361 e. The van der Waals surface area contributed by atoms with Gasteiger partial charge in [-0.2, -0.15) is 0 Å². The number of aromatic amines is 1. The minimum absolute atomic E-state index is 0.116. The summed E-state index contributed by atoms with van der Waals surface area (Å²) in [6.07, 6.45) is 4.46. The lowest BCUT2D eigenvalue weighted by Gasteiger charge is -2.21. The molecular formula is C31H38N4O4S. The van der Waals surface area contributed by atoms with E-state index in [-0.39, 0.29) is 15.5 Å². The van der Waals surface area contributed by atoms with Gasteiger partial charge in [-0.25, -0.2) is 13.1 Å². The van der Waals surface area contributed by atoms with Crippen molar-refractivity contribution in [1.82, 2.24) is 14.6 Å². The van der Waals surface area contributed by atoms with Crippen molar-refractivity contribution >= 4 is 26.6 Å². The Morgan fingerprint density at radius 1 is 0.900 bits per heavy atom. The number of aromatic nitrogens is 1. The molecule has 0 radical (unpaired) electrons. The average Bonchev–Trinajstić information content (AvgIpc) is 3.37. The van der Waals surface area contributed by atoms with Gasteiger partial charge >= 0.3 is 0 Å². The fraction of sp³-hybridized carbons (Fsp3) is 0.355. The first-order valence-corrected chi connectivity index (χ1v) is 15.2. The highest BCUT2D eigenvalue weighted by molar-refractivity contribution is 7.89. The van der Waals surface area contributed by atoms with Crippen LogP contribution in [0.25, 0.3) is 10.9 Å². The quantitative estimate of drug-likeness (QED) is 0.140. The van der Waals surface area contributed by atoms with Crippen LogP contribution in [0, 0.1) is 10.1 Å². The fourth-order valence-corrected chi connectivity index (χ4v) is 5.95. The molecule has 2 atom stereocenters. The monoisotopic (exact) mass is 562 g/mol. The van der Waals surface area contributed by atoms with E-state index in [1.54, 1.807) is 24.3 Å². The van der Waals surface area contributed by atoms with E-state index >= 15 is 0 Å². The smallest absolute Gasteiger partial charge is 0.269 e. The van der Waals surface area contributed by atoms with Gasteiger partial charge in [-0.05, 0) is 86.1 Å². The first-order valence-electron chi connectivity index (χ1n) is 13.7. The molecule has 4 rings (SSSR count). The van der Waals surface area contributed by atoms with Gasteiger partial charge in [0.25, 0.3) is 5.69 Å². The van der Waals surface area contributed by atoms with Crippen molar-refractivity contribution in [2.45, 2.75) is 49.8 Å². The Bertz CT molecular complexity index is 1520. The van der Waals surface area contributed by atoms with E-state index in [4.69, 9.17) is 0 Å². The van der Waals surface area contributed by atoms with Gasteiger partial charge in [0.1, 0.15) is 0 Å². The molecule has 0 fully saturated rings. The van der Waals surface area contributed by atoms with Crippen LogP contribution in [0.3, 0.4) is 0 Å². The van der Waals surface area contributed by atoms with Crippen LogP contribution in [0.5, 0.6) is 0 Å². The third kappa shape index (κ3) is 7.56. The van der Waals surface area contributed by atoms with Crippen molar-refractivity contribution in [3.05, 3.63) is 106 Å². The number of nitrogens with one attached hydrogen (secondary N) is 2. The second kappa shape index (κ2) is 13.2. The first kappa shape index (κ1) is 29.5. The highest BCUT2D eigenvalue weighted by atomic mass is 32.2. The Labute approximate surface area is 236 Å². The molecule has 2 N–H and O–H groups in total. The Morgan fingerprint density at radius 3 is 2.08 bits per heavy atom. The second-order valence-corrected chi connectivity index (χ2v) is 12.4. The molecule has 1 heterocycles. The van der Waals surface area contributed by atoms with Gasteiger partial charge in [0.15, 0.2) is 0 Å². The predicted molar refractivity (Wildman–Crippen MR) is 160 cm³/mol. The number of nitro groups is 1. The van der Waals surface area contributed by atoms with Gasteiger partial charge in [0, 0.05) is 35.8 Å². The van der Waals surface area contributed by atoms with E-state index in [0.717, 1.165) is 53.5 Å². The summed E-state index contributed by atoms with van der Waals surface area (Å²) in [5, 5.41) is 12.0. The summed E-state index contributed by atoms with van der Waals surface area (Å²) >= 11 is 0. The molecule has 40 heavy (non-hydrogen) atoms. The molecule has 4 aromatic rings. The number of non-ortho nitro benzene ring substituents is 1. The maximum atomic E-state index is 12.8. The third-order valence-corrected chi connectivity index (χ3v) is 9.16. The SMILES string of the molecule is C[C@@H](CCN(C)CC[C@H](C)c1ccc(S(=O)(=O)NCCc2c[nH]c3ccccc23)cc1)c1ccc([N+](=O)[O-])cc1. The molecule has 0 aliphatic rings. The van der Waals surface area contributed by atoms with Crippen LogP contribution in [-0.2, 0) is 16.4 Å². The number of sulfonamides is 1. The zero-order valence-electron chi connectivity index (χ0n) is 23.3. The van der Waals surface area contributed by atoms with Crippen molar-refractivity contribution in [1.29, 1.82) is 0 Å². The molecule has 8 nitrogen and oxygen atoms in total. The minimum atomic E-state index is -3.58. The maximum absolute atomic E-state index is 12.8. The average molecular weight is 563 g/mol. The number of nitrogens with zero attached hydrogens (tertiary/aromatic N) is 2. The molecule has 3 aromatic carbocycles. The van der Waals surface area contributed by atoms with E-state index < -0.39 is 10.0 Å². The van der Waals surface area contributed by atoms with Gasteiger partial charge < -0.3 is 9.88 Å². The first-order chi connectivity index (χ1) is 19.1. The van der Waals surface area contributed by atoms with Crippen molar-refractivity contribution in [3.63, 3.8) is 0 Å². The number of benzene rings is 3. The summed E-state index contributed by atoms with van der Waals surface area (Å²) in [5.74, 6) is 0.604. The molecule has 212 valence electrons.